The van der Waals surface area contributed by atoms with Crippen LogP contribution < -0.4 is 5.32 Å². The van der Waals surface area contributed by atoms with Crippen LogP contribution in [0.3, 0.4) is 0 Å². The van der Waals surface area contributed by atoms with Gasteiger partial charge in [-0.25, -0.2) is 4.98 Å². The molecule has 1 aliphatic carbocycles. The Bertz CT molecular complexity index is 1330. The first-order chi connectivity index (χ1) is 17.7. The molecule has 1 amide bonds. The van der Waals surface area contributed by atoms with Crippen molar-refractivity contribution in [2.45, 2.75) is 36.9 Å². The third-order valence-corrected chi connectivity index (χ3v) is 8.55. The van der Waals surface area contributed by atoms with Crippen molar-refractivity contribution in [3.8, 4) is 5.82 Å². The molecule has 1 saturated heterocycles. The second-order valence-electron chi connectivity index (χ2n) is 9.70. The summed E-state index contributed by atoms with van der Waals surface area (Å²) in [6, 6.07) is 20.5. The number of carbonyl (C=O) groups excluding carboxylic acids is 1. The highest BCUT2D eigenvalue weighted by atomic mass is 32.1. The van der Waals surface area contributed by atoms with Crippen LogP contribution in [0.4, 0.5) is 0 Å². The first-order valence-corrected chi connectivity index (χ1v) is 13.4. The van der Waals surface area contributed by atoms with Crippen molar-refractivity contribution < 1.29 is 9.53 Å². The number of pyridine rings is 1. The summed E-state index contributed by atoms with van der Waals surface area (Å²) in [7, 11) is 1.79. The number of fused-ring (bicyclic) bond motifs is 2. The number of hydrogen-bond acceptors (Lipinski definition) is 5. The zero-order valence-electron chi connectivity index (χ0n) is 20.3. The van der Waals surface area contributed by atoms with E-state index in [-0.39, 0.29) is 23.5 Å². The first kappa shape index (κ1) is 23.2. The molecule has 4 aromatic rings. The Morgan fingerprint density at radius 1 is 1.11 bits per heavy atom. The minimum atomic E-state index is -0.161. The van der Waals surface area contributed by atoms with E-state index in [2.05, 4.69) is 62.4 Å². The number of aromatic nitrogens is 2. The molecule has 0 unspecified atom stereocenters. The summed E-state index contributed by atoms with van der Waals surface area (Å²) in [4.78, 5) is 20.1. The first-order valence-electron chi connectivity index (χ1n) is 12.4. The number of thiophene rings is 1. The van der Waals surface area contributed by atoms with Crippen molar-refractivity contribution in [3.05, 3.63) is 106 Å². The normalized spacial score (nSPS) is 20.9. The number of benzene rings is 1. The van der Waals surface area contributed by atoms with Crippen LogP contribution in [-0.2, 0) is 16.7 Å². The molecule has 6 rings (SSSR count). The highest BCUT2D eigenvalue weighted by Crippen LogP contribution is 2.52. The smallest absolute Gasteiger partial charge is 0.252 e. The lowest BCUT2D eigenvalue weighted by Crippen LogP contribution is -2.50. The predicted molar refractivity (Wildman–Crippen MR) is 142 cm³/mol. The molecule has 184 valence electrons. The molecule has 1 spiro atoms. The van der Waals surface area contributed by atoms with E-state index in [9.17, 15) is 4.79 Å². The Balaban J connectivity index is 1.22. The van der Waals surface area contributed by atoms with Gasteiger partial charge in [-0.15, -0.1) is 0 Å². The molecule has 2 aliphatic rings. The van der Waals surface area contributed by atoms with Crippen LogP contribution in [0.5, 0.6) is 0 Å². The lowest BCUT2D eigenvalue weighted by molar-refractivity contribution is -0.0124. The van der Waals surface area contributed by atoms with Gasteiger partial charge in [0.1, 0.15) is 5.82 Å². The van der Waals surface area contributed by atoms with Crippen LogP contribution in [0.25, 0.3) is 5.82 Å². The standard InChI is InChI=1S/C29H30N4O2S/c1-35-27-26(31-28(34)21-11-18-36-20-21)23-8-2-3-9-24(23)29(27)12-16-32(17-13-29)19-22-7-6-15-33(22)25-10-4-5-14-30-25/h2-11,14-15,18,20,26-27H,12-13,16-17,19H2,1H3,(H,31,34)/t26-,27+/m1/s1. The lowest BCUT2D eigenvalue weighted by atomic mass is 9.72. The summed E-state index contributed by atoms with van der Waals surface area (Å²) < 4.78 is 8.36. The minimum absolute atomic E-state index is 0.0390. The van der Waals surface area contributed by atoms with Gasteiger partial charge in [-0.2, -0.15) is 11.3 Å². The Morgan fingerprint density at radius 3 is 2.69 bits per heavy atom. The fourth-order valence-corrected chi connectivity index (χ4v) is 6.78. The largest absolute Gasteiger partial charge is 0.378 e. The maximum absolute atomic E-state index is 13.0. The van der Waals surface area contributed by atoms with Crippen LogP contribution in [0.1, 0.15) is 46.1 Å². The van der Waals surface area contributed by atoms with Gasteiger partial charge in [-0.3, -0.25) is 9.69 Å². The second-order valence-corrected chi connectivity index (χ2v) is 10.5. The van der Waals surface area contributed by atoms with E-state index in [0.717, 1.165) is 38.3 Å². The topological polar surface area (TPSA) is 59.4 Å². The van der Waals surface area contributed by atoms with E-state index in [4.69, 9.17) is 4.74 Å². The number of hydrogen-bond donors (Lipinski definition) is 1. The van der Waals surface area contributed by atoms with Crippen molar-refractivity contribution in [2.24, 2.45) is 0 Å². The molecule has 4 heterocycles. The molecule has 1 aliphatic heterocycles. The molecule has 0 saturated carbocycles. The van der Waals surface area contributed by atoms with Crippen molar-refractivity contribution in [1.29, 1.82) is 0 Å². The summed E-state index contributed by atoms with van der Waals surface area (Å²) in [5.41, 5.74) is 4.34. The van der Waals surface area contributed by atoms with E-state index < -0.39 is 0 Å². The summed E-state index contributed by atoms with van der Waals surface area (Å²) in [5.74, 6) is 0.905. The Hall–Kier alpha value is -3.26. The SMILES string of the molecule is CO[C@H]1[C@H](NC(=O)c2ccsc2)c2ccccc2C12CCN(Cc1cccn1-c1ccccn1)CC2. The monoisotopic (exact) mass is 498 g/mol. The van der Waals surface area contributed by atoms with Crippen LogP contribution in [0.2, 0.25) is 0 Å². The van der Waals surface area contributed by atoms with Crippen molar-refractivity contribution >= 4 is 17.2 Å². The van der Waals surface area contributed by atoms with E-state index >= 15 is 0 Å². The second kappa shape index (κ2) is 9.65. The van der Waals surface area contributed by atoms with Crippen molar-refractivity contribution in [1.82, 2.24) is 19.8 Å². The number of rotatable bonds is 6. The third kappa shape index (κ3) is 3.97. The van der Waals surface area contributed by atoms with E-state index in [1.807, 2.05) is 41.2 Å². The van der Waals surface area contributed by atoms with Crippen LogP contribution in [-0.4, -0.2) is 46.7 Å². The Morgan fingerprint density at radius 2 is 1.94 bits per heavy atom. The van der Waals surface area contributed by atoms with Gasteiger partial charge in [0, 0.05) is 42.5 Å². The number of ether oxygens (including phenoxy) is 1. The molecular formula is C29H30N4O2S. The van der Waals surface area contributed by atoms with Gasteiger partial charge in [-0.1, -0.05) is 30.3 Å². The zero-order chi connectivity index (χ0) is 24.5. The average Bonchev–Trinajstić information content (AvgIpc) is 3.67. The molecule has 36 heavy (non-hydrogen) atoms. The van der Waals surface area contributed by atoms with Gasteiger partial charge in [0.05, 0.1) is 17.7 Å². The number of amides is 1. The van der Waals surface area contributed by atoms with Gasteiger partial charge in [0.25, 0.3) is 5.91 Å². The number of piperidine rings is 1. The maximum atomic E-state index is 13.0. The number of nitrogens with one attached hydrogen (secondary N) is 1. The van der Waals surface area contributed by atoms with Gasteiger partial charge < -0.3 is 14.6 Å². The molecule has 7 heteroatoms. The Kier molecular flexibility index (Phi) is 6.21. The number of likely N-dealkylation sites (tertiary alicyclic amines) is 1. The molecule has 0 bridgehead atoms. The van der Waals surface area contributed by atoms with Crippen molar-refractivity contribution in [2.75, 3.05) is 20.2 Å². The molecule has 2 atom stereocenters. The highest BCUT2D eigenvalue weighted by Gasteiger charge is 2.54. The fourth-order valence-electron chi connectivity index (χ4n) is 6.15. The molecular weight excluding hydrogens is 468 g/mol. The minimum Gasteiger partial charge on any atom is -0.378 e. The van der Waals surface area contributed by atoms with Gasteiger partial charge >= 0.3 is 0 Å². The molecule has 1 N–H and O–H groups in total. The average molecular weight is 499 g/mol. The van der Waals surface area contributed by atoms with Gasteiger partial charge in [0.15, 0.2) is 0 Å². The van der Waals surface area contributed by atoms with Crippen LogP contribution >= 0.6 is 11.3 Å². The molecule has 6 nitrogen and oxygen atoms in total. The predicted octanol–water partition coefficient (Wildman–Crippen LogP) is 4.97. The molecule has 1 fully saturated rings. The Labute approximate surface area is 215 Å². The van der Waals surface area contributed by atoms with Gasteiger partial charge in [0.2, 0.25) is 0 Å². The fraction of sp³-hybridized carbons (Fsp3) is 0.310. The summed E-state index contributed by atoms with van der Waals surface area (Å²) in [5, 5.41) is 7.14. The van der Waals surface area contributed by atoms with Crippen molar-refractivity contribution in [3.63, 3.8) is 0 Å². The van der Waals surface area contributed by atoms with Crippen LogP contribution in [0.15, 0.2) is 83.8 Å². The van der Waals surface area contributed by atoms with Crippen LogP contribution in [0, 0.1) is 0 Å². The number of carbonyl (C=O) groups is 1. The summed E-state index contributed by atoms with van der Waals surface area (Å²) >= 11 is 1.54. The summed E-state index contributed by atoms with van der Waals surface area (Å²) in [6.07, 6.45) is 5.78. The number of nitrogens with zero attached hydrogens (tertiary/aromatic N) is 3. The molecule has 1 aromatic carbocycles. The third-order valence-electron chi connectivity index (χ3n) is 7.87. The summed E-state index contributed by atoms with van der Waals surface area (Å²) in [6.45, 7) is 2.80. The lowest BCUT2D eigenvalue weighted by Gasteiger charge is -2.44. The molecule has 3 aromatic heterocycles. The van der Waals surface area contributed by atoms with Gasteiger partial charge in [-0.05, 0) is 72.8 Å². The van der Waals surface area contributed by atoms with E-state index in [0.29, 0.717) is 5.56 Å². The van der Waals surface area contributed by atoms with E-state index in [1.165, 1.54) is 28.2 Å². The zero-order valence-corrected chi connectivity index (χ0v) is 21.2. The highest BCUT2D eigenvalue weighted by molar-refractivity contribution is 7.08. The van der Waals surface area contributed by atoms with E-state index in [1.54, 1.807) is 7.11 Å². The quantitative estimate of drug-likeness (QED) is 0.408. The molecule has 0 radical (unpaired) electrons. The number of methoxy groups -OCH3 is 1. The maximum Gasteiger partial charge on any atom is 0.252 e.